The quantitative estimate of drug-likeness (QED) is 0.350. The van der Waals surface area contributed by atoms with Crippen molar-refractivity contribution in [2.24, 2.45) is 5.92 Å². The number of nitrogens with zero attached hydrogens (tertiary/aromatic N) is 1. The second-order valence-electron chi connectivity index (χ2n) is 9.68. The molecule has 0 N–H and O–H groups in total. The molecule has 0 spiro atoms. The van der Waals surface area contributed by atoms with Crippen LogP contribution in [0.1, 0.15) is 58.8 Å². The van der Waals surface area contributed by atoms with E-state index in [0.717, 1.165) is 17.5 Å². The lowest BCUT2D eigenvalue weighted by atomic mass is 10.1. The summed E-state index contributed by atoms with van der Waals surface area (Å²) < 4.78 is 32.3. The molecule has 0 radical (unpaired) electrons. The van der Waals surface area contributed by atoms with Gasteiger partial charge in [-0.1, -0.05) is 12.1 Å². The van der Waals surface area contributed by atoms with Crippen LogP contribution >= 0.6 is 0 Å². The number of halogens is 1. The lowest BCUT2D eigenvalue weighted by molar-refractivity contribution is -0.144. The van der Waals surface area contributed by atoms with E-state index in [1.807, 2.05) is 31.2 Å². The topological polar surface area (TPSA) is 65.1 Å². The zero-order valence-electron chi connectivity index (χ0n) is 21.2. The first-order chi connectivity index (χ1) is 17.9. The zero-order valence-corrected chi connectivity index (χ0v) is 21.2. The highest BCUT2D eigenvalue weighted by Crippen LogP contribution is 2.49. The van der Waals surface area contributed by atoms with Gasteiger partial charge in [0.05, 0.1) is 12.5 Å². The largest absolute Gasteiger partial charge is 0.486 e. The fourth-order valence-corrected chi connectivity index (χ4v) is 4.94. The number of carbonyl (C=O) groups is 2. The van der Waals surface area contributed by atoms with E-state index in [1.54, 1.807) is 44.4 Å². The van der Waals surface area contributed by atoms with E-state index in [-0.39, 0.29) is 29.5 Å². The molecule has 2 aliphatic rings. The minimum atomic E-state index is -0.419. The predicted octanol–water partition coefficient (Wildman–Crippen LogP) is 6.05. The van der Waals surface area contributed by atoms with Crippen molar-refractivity contribution in [1.82, 2.24) is 4.90 Å². The van der Waals surface area contributed by atoms with E-state index < -0.39 is 6.10 Å². The van der Waals surface area contributed by atoms with Crippen LogP contribution in [0.2, 0.25) is 0 Å². The summed E-state index contributed by atoms with van der Waals surface area (Å²) in [6.07, 6.45) is 1.65. The van der Waals surface area contributed by atoms with Crippen LogP contribution in [0.25, 0.3) is 0 Å². The minimum absolute atomic E-state index is 0.0642. The lowest BCUT2D eigenvalue weighted by Gasteiger charge is -2.17. The summed E-state index contributed by atoms with van der Waals surface area (Å²) in [5, 5.41) is 0. The highest BCUT2D eigenvalue weighted by Gasteiger charge is 2.45. The van der Waals surface area contributed by atoms with Crippen LogP contribution in [-0.2, 0) is 16.0 Å². The van der Waals surface area contributed by atoms with Crippen molar-refractivity contribution in [3.63, 3.8) is 0 Å². The number of ether oxygens (including phenoxy) is 3. The minimum Gasteiger partial charge on any atom is -0.486 e. The van der Waals surface area contributed by atoms with Gasteiger partial charge in [-0.25, -0.2) is 4.39 Å². The van der Waals surface area contributed by atoms with Crippen molar-refractivity contribution < 1.29 is 28.2 Å². The number of hydrogen-bond acceptors (Lipinski definition) is 5. The fourth-order valence-electron chi connectivity index (χ4n) is 4.94. The fraction of sp³-hybridized carbons (Fsp3) is 0.333. The Balaban J connectivity index is 1.27. The van der Waals surface area contributed by atoms with Crippen LogP contribution in [0.15, 0.2) is 60.7 Å². The first-order valence-electron chi connectivity index (χ1n) is 12.6. The third-order valence-corrected chi connectivity index (χ3v) is 6.94. The highest BCUT2D eigenvalue weighted by molar-refractivity contribution is 5.93. The van der Waals surface area contributed by atoms with E-state index in [0.29, 0.717) is 47.8 Å². The highest BCUT2D eigenvalue weighted by atomic mass is 19.1. The molecule has 192 valence electrons. The van der Waals surface area contributed by atoms with Crippen LogP contribution in [-0.4, -0.2) is 37.5 Å². The first-order valence-corrected chi connectivity index (χ1v) is 12.6. The Morgan fingerprint density at radius 3 is 2.35 bits per heavy atom. The van der Waals surface area contributed by atoms with E-state index in [2.05, 4.69) is 0 Å². The van der Waals surface area contributed by atoms with Crippen molar-refractivity contribution >= 4 is 11.9 Å². The summed E-state index contributed by atoms with van der Waals surface area (Å²) in [6, 6.07) is 17.6. The average molecular weight is 504 g/mol. The molecule has 0 unspecified atom stereocenters. The number of esters is 1. The number of benzene rings is 3. The van der Waals surface area contributed by atoms with Gasteiger partial charge in [-0.2, -0.15) is 0 Å². The summed E-state index contributed by atoms with van der Waals surface area (Å²) in [6.45, 7) is 2.21. The number of carbonyl (C=O) groups excluding carboxylic acids is 2. The van der Waals surface area contributed by atoms with Gasteiger partial charge < -0.3 is 19.1 Å². The van der Waals surface area contributed by atoms with Crippen molar-refractivity contribution in [3.05, 3.63) is 88.7 Å². The van der Waals surface area contributed by atoms with Gasteiger partial charge in [-0.05, 0) is 86.2 Å². The number of amides is 1. The van der Waals surface area contributed by atoms with Crippen molar-refractivity contribution in [2.75, 3.05) is 20.7 Å². The van der Waals surface area contributed by atoms with Crippen LogP contribution in [0.4, 0.5) is 4.39 Å². The monoisotopic (exact) mass is 503 g/mol. The Morgan fingerprint density at radius 2 is 1.68 bits per heavy atom. The molecule has 0 aliphatic heterocycles. The predicted molar refractivity (Wildman–Crippen MR) is 137 cm³/mol. The standard InChI is InChI=1S/C30H30FNO5/c1-4-35-30(34)24-17-23(24)18-5-9-21(10-6-18)37-27-15-13-22-26(16-14-25(31)28(22)27)36-20-11-7-19(8-12-20)29(33)32(2)3/h5-12,14,16,23-24,27H,4,13,15,17H2,1-3H3/t23-,24+,27-/m1/s1. The normalized spacial score (nSPS) is 19.6. The molecule has 1 fully saturated rings. The third-order valence-electron chi connectivity index (χ3n) is 6.94. The van der Waals surface area contributed by atoms with Gasteiger partial charge in [0.1, 0.15) is 29.2 Å². The molecule has 3 aromatic carbocycles. The SMILES string of the molecule is CCOC(=O)[C@H]1C[C@@H]1c1ccc(O[C@@H]2CCc3c(Oc4ccc(C(=O)N(C)C)cc4)ccc(F)c32)cc1. The van der Waals surface area contributed by atoms with Crippen LogP contribution < -0.4 is 9.47 Å². The number of fused-ring (bicyclic) bond motifs is 1. The molecule has 3 aromatic rings. The molecule has 7 heteroatoms. The molecule has 1 amide bonds. The summed E-state index contributed by atoms with van der Waals surface area (Å²) in [5.41, 5.74) is 2.97. The Bertz CT molecular complexity index is 1300. The molecule has 37 heavy (non-hydrogen) atoms. The number of rotatable bonds is 8. The maximum Gasteiger partial charge on any atom is 0.309 e. The van der Waals surface area contributed by atoms with Gasteiger partial charge in [-0.15, -0.1) is 0 Å². The maximum absolute atomic E-state index is 14.9. The van der Waals surface area contributed by atoms with Gasteiger partial charge in [0.25, 0.3) is 5.91 Å². The maximum atomic E-state index is 14.9. The summed E-state index contributed by atoms with van der Waals surface area (Å²) in [7, 11) is 3.41. The average Bonchev–Trinajstić information content (AvgIpc) is 3.59. The molecule has 0 aromatic heterocycles. The van der Waals surface area contributed by atoms with E-state index >= 15 is 0 Å². The summed E-state index contributed by atoms with van der Waals surface area (Å²) in [5.74, 6) is 1.40. The van der Waals surface area contributed by atoms with Gasteiger partial charge in [0.2, 0.25) is 0 Å². The van der Waals surface area contributed by atoms with E-state index in [4.69, 9.17) is 14.2 Å². The molecule has 0 saturated heterocycles. The molecule has 0 bridgehead atoms. The van der Waals surface area contributed by atoms with Crippen molar-refractivity contribution in [1.29, 1.82) is 0 Å². The van der Waals surface area contributed by atoms with E-state index in [1.165, 1.54) is 11.0 Å². The third kappa shape index (κ3) is 5.17. The van der Waals surface area contributed by atoms with Gasteiger partial charge in [0, 0.05) is 30.8 Å². The smallest absolute Gasteiger partial charge is 0.309 e. The Kier molecular flexibility index (Phi) is 6.87. The lowest BCUT2D eigenvalue weighted by Crippen LogP contribution is -2.21. The van der Waals surface area contributed by atoms with Crippen molar-refractivity contribution in [3.8, 4) is 17.2 Å². The van der Waals surface area contributed by atoms with Crippen LogP contribution in [0, 0.1) is 11.7 Å². The van der Waals surface area contributed by atoms with Gasteiger partial charge >= 0.3 is 5.97 Å². The van der Waals surface area contributed by atoms with Gasteiger partial charge in [-0.3, -0.25) is 9.59 Å². The van der Waals surface area contributed by atoms with Crippen LogP contribution in [0.5, 0.6) is 17.2 Å². The Morgan fingerprint density at radius 1 is 0.973 bits per heavy atom. The molecular weight excluding hydrogens is 473 g/mol. The Hall–Kier alpha value is -3.87. The molecule has 5 rings (SSSR count). The van der Waals surface area contributed by atoms with E-state index in [9.17, 15) is 14.0 Å². The second-order valence-corrected chi connectivity index (χ2v) is 9.68. The molecule has 6 nitrogen and oxygen atoms in total. The molecular formula is C30H30FNO5. The summed E-state index contributed by atoms with van der Waals surface area (Å²) in [4.78, 5) is 25.6. The molecule has 1 saturated carbocycles. The molecule has 0 heterocycles. The molecule has 3 atom stereocenters. The first kappa shape index (κ1) is 24.8. The molecule has 2 aliphatic carbocycles. The summed E-state index contributed by atoms with van der Waals surface area (Å²) >= 11 is 0. The van der Waals surface area contributed by atoms with Gasteiger partial charge in [0.15, 0.2) is 0 Å². The number of hydrogen-bond donors (Lipinski definition) is 0. The Labute approximate surface area is 216 Å². The van der Waals surface area contributed by atoms with Crippen molar-refractivity contribution in [2.45, 2.75) is 38.2 Å². The van der Waals surface area contributed by atoms with Crippen LogP contribution in [0.3, 0.4) is 0 Å². The zero-order chi connectivity index (χ0) is 26.1. The second kappa shape index (κ2) is 10.2.